The lowest BCUT2D eigenvalue weighted by molar-refractivity contribution is -0.141. The Morgan fingerprint density at radius 3 is 1.15 bits per heavy atom. The van der Waals surface area contributed by atoms with E-state index in [0.29, 0.717) is 0 Å². The van der Waals surface area contributed by atoms with E-state index in [0.717, 1.165) is 0 Å². The van der Waals surface area contributed by atoms with Gasteiger partial charge in [0.05, 0.1) is 6.04 Å². The second-order valence-corrected chi connectivity index (χ2v) is 6.05. The number of carbonyl (C=O) groups is 5. The summed E-state index contributed by atoms with van der Waals surface area (Å²) in [7, 11) is 0. The Morgan fingerprint density at radius 2 is 0.885 bits per heavy atom. The van der Waals surface area contributed by atoms with E-state index in [1.165, 1.54) is 34.6 Å². The van der Waals surface area contributed by atoms with Gasteiger partial charge in [-0.3, -0.25) is 24.0 Å². The lowest BCUT2D eigenvalue weighted by Gasteiger charge is -2.21. The molecule has 5 atom stereocenters. The van der Waals surface area contributed by atoms with Crippen LogP contribution in [0, 0.1) is 0 Å². The molecule has 0 unspecified atom stereocenters. The number of carboxylic acid groups (broad SMARTS) is 1. The van der Waals surface area contributed by atoms with E-state index in [2.05, 4.69) is 21.3 Å². The highest BCUT2D eigenvalue weighted by Gasteiger charge is 2.25. The second kappa shape index (κ2) is 10.3. The third kappa shape index (κ3) is 7.92. The van der Waals surface area contributed by atoms with Gasteiger partial charge in [0.1, 0.15) is 24.2 Å². The molecule has 0 rings (SSSR count). The van der Waals surface area contributed by atoms with Crippen molar-refractivity contribution < 1.29 is 29.1 Å². The Labute approximate surface area is 151 Å². The predicted octanol–water partition coefficient (Wildman–Crippen LogP) is -2.56. The van der Waals surface area contributed by atoms with Crippen molar-refractivity contribution in [3.63, 3.8) is 0 Å². The maximum atomic E-state index is 12.0. The van der Waals surface area contributed by atoms with Gasteiger partial charge >= 0.3 is 5.97 Å². The summed E-state index contributed by atoms with van der Waals surface area (Å²) in [6.07, 6.45) is 0. The van der Waals surface area contributed by atoms with Crippen LogP contribution in [0.25, 0.3) is 0 Å². The van der Waals surface area contributed by atoms with Crippen LogP contribution in [0.5, 0.6) is 0 Å². The third-order valence-corrected chi connectivity index (χ3v) is 3.40. The molecule has 11 nitrogen and oxygen atoms in total. The van der Waals surface area contributed by atoms with Crippen LogP contribution < -0.4 is 27.0 Å². The number of aliphatic carboxylic acids is 1. The molecule has 0 saturated heterocycles. The fourth-order valence-corrected chi connectivity index (χ4v) is 1.62. The average Bonchev–Trinajstić information content (AvgIpc) is 2.53. The fraction of sp³-hybridized carbons (Fsp3) is 0.667. The number of rotatable bonds is 9. The molecule has 0 saturated carbocycles. The Kier molecular flexibility index (Phi) is 9.27. The SMILES string of the molecule is C[C@H](N)C(=O)N[C@@H](C)C(=O)N[C@@H](C)C(=O)N[C@H](C)C(=O)N[C@H](C)C(=O)O. The minimum atomic E-state index is -1.21. The number of hydrogen-bond donors (Lipinski definition) is 6. The normalized spacial score (nSPS) is 16.2. The van der Waals surface area contributed by atoms with E-state index < -0.39 is 59.8 Å². The van der Waals surface area contributed by atoms with Gasteiger partial charge < -0.3 is 32.1 Å². The largest absolute Gasteiger partial charge is 0.480 e. The van der Waals surface area contributed by atoms with Gasteiger partial charge in [0.15, 0.2) is 0 Å². The van der Waals surface area contributed by atoms with Gasteiger partial charge in [0.25, 0.3) is 0 Å². The average molecular weight is 373 g/mol. The van der Waals surface area contributed by atoms with Crippen LogP contribution in [-0.4, -0.2) is 64.9 Å². The zero-order valence-corrected chi connectivity index (χ0v) is 15.5. The second-order valence-electron chi connectivity index (χ2n) is 6.05. The van der Waals surface area contributed by atoms with Gasteiger partial charge in [-0.05, 0) is 34.6 Å². The predicted molar refractivity (Wildman–Crippen MR) is 91.7 cm³/mol. The molecule has 148 valence electrons. The molecule has 0 spiro atoms. The van der Waals surface area contributed by atoms with Crippen molar-refractivity contribution >= 4 is 29.6 Å². The van der Waals surface area contributed by atoms with Gasteiger partial charge in [-0.15, -0.1) is 0 Å². The number of carbonyl (C=O) groups excluding carboxylic acids is 4. The van der Waals surface area contributed by atoms with E-state index in [1.807, 2.05) is 0 Å². The fourth-order valence-electron chi connectivity index (χ4n) is 1.62. The zero-order valence-electron chi connectivity index (χ0n) is 15.5. The standard InChI is InChI=1S/C15H27N5O6/c1-6(16)11(21)17-7(2)12(22)18-8(3)13(23)19-9(4)14(24)20-10(5)15(25)26/h6-10H,16H2,1-5H3,(H,17,21)(H,18,22)(H,19,23)(H,20,24)(H,25,26)/t6-,7-,8-,9+,10+/m0/s1. The first-order valence-corrected chi connectivity index (χ1v) is 8.06. The lowest BCUT2D eigenvalue weighted by atomic mass is 10.2. The van der Waals surface area contributed by atoms with Crippen molar-refractivity contribution in [1.29, 1.82) is 0 Å². The maximum Gasteiger partial charge on any atom is 0.325 e. The summed E-state index contributed by atoms with van der Waals surface area (Å²) < 4.78 is 0. The highest BCUT2D eigenvalue weighted by molar-refractivity contribution is 5.94. The first-order valence-electron chi connectivity index (χ1n) is 8.06. The molecule has 11 heteroatoms. The molecule has 0 radical (unpaired) electrons. The summed E-state index contributed by atoms with van der Waals surface area (Å²) in [6, 6.07) is -4.77. The molecule has 0 bridgehead atoms. The van der Waals surface area contributed by atoms with Crippen LogP contribution in [0.2, 0.25) is 0 Å². The summed E-state index contributed by atoms with van der Waals surface area (Å²) in [5.41, 5.74) is 5.39. The van der Waals surface area contributed by atoms with Crippen LogP contribution >= 0.6 is 0 Å². The molecule has 0 aliphatic rings. The first-order chi connectivity index (χ1) is 11.9. The molecule has 7 N–H and O–H groups in total. The smallest absolute Gasteiger partial charge is 0.325 e. The minimum Gasteiger partial charge on any atom is -0.480 e. The molecule has 26 heavy (non-hydrogen) atoms. The molecule has 0 aromatic heterocycles. The van der Waals surface area contributed by atoms with Crippen molar-refractivity contribution in [2.75, 3.05) is 0 Å². The summed E-state index contributed by atoms with van der Waals surface area (Å²) in [6.45, 7) is 6.96. The van der Waals surface area contributed by atoms with Crippen molar-refractivity contribution in [3.05, 3.63) is 0 Å². The summed E-state index contributed by atoms with van der Waals surface area (Å²) in [4.78, 5) is 58.0. The van der Waals surface area contributed by atoms with Crippen molar-refractivity contribution in [2.24, 2.45) is 5.73 Å². The van der Waals surface area contributed by atoms with Crippen LogP contribution in [0.4, 0.5) is 0 Å². The minimum absolute atomic E-state index is 0.511. The van der Waals surface area contributed by atoms with Crippen LogP contribution in [0.15, 0.2) is 0 Å². The molecule has 4 amide bonds. The number of hydrogen-bond acceptors (Lipinski definition) is 6. The first kappa shape index (κ1) is 23.3. The number of amides is 4. The van der Waals surface area contributed by atoms with Gasteiger partial charge in [0, 0.05) is 0 Å². The molecule has 0 aliphatic heterocycles. The Balaban J connectivity index is 4.54. The maximum absolute atomic E-state index is 12.0. The highest BCUT2D eigenvalue weighted by Crippen LogP contribution is 1.92. The monoisotopic (exact) mass is 373 g/mol. The van der Waals surface area contributed by atoms with Gasteiger partial charge in [0.2, 0.25) is 23.6 Å². The van der Waals surface area contributed by atoms with E-state index in [4.69, 9.17) is 10.8 Å². The Morgan fingerprint density at radius 1 is 0.615 bits per heavy atom. The molecule has 0 aromatic carbocycles. The van der Waals surface area contributed by atoms with Gasteiger partial charge in [-0.25, -0.2) is 0 Å². The van der Waals surface area contributed by atoms with Crippen LogP contribution in [-0.2, 0) is 24.0 Å². The summed E-state index contributed by atoms with van der Waals surface area (Å²) in [5, 5.41) is 18.1. The topological polar surface area (TPSA) is 180 Å². The quantitative estimate of drug-likeness (QED) is 0.257. The van der Waals surface area contributed by atoms with E-state index in [1.54, 1.807) is 0 Å². The van der Waals surface area contributed by atoms with Crippen molar-refractivity contribution in [3.8, 4) is 0 Å². The number of nitrogens with two attached hydrogens (primary N) is 1. The lowest BCUT2D eigenvalue weighted by Crippen LogP contribution is -2.56. The number of carboxylic acids is 1. The number of nitrogens with one attached hydrogen (secondary N) is 4. The van der Waals surface area contributed by atoms with Gasteiger partial charge in [-0.1, -0.05) is 0 Å². The summed E-state index contributed by atoms with van der Waals surface area (Å²) >= 11 is 0. The van der Waals surface area contributed by atoms with Crippen molar-refractivity contribution in [1.82, 2.24) is 21.3 Å². The van der Waals surface area contributed by atoms with Gasteiger partial charge in [-0.2, -0.15) is 0 Å². The zero-order chi connectivity index (χ0) is 20.6. The Bertz CT molecular complexity index is 565. The molecule has 0 fully saturated rings. The van der Waals surface area contributed by atoms with E-state index >= 15 is 0 Å². The third-order valence-electron chi connectivity index (χ3n) is 3.40. The molecule has 0 heterocycles. The van der Waals surface area contributed by atoms with E-state index in [9.17, 15) is 24.0 Å². The van der Waals surface area contributed by atoms with Crippen LogP contribution in [0.1, 0.15) is 34.6 Å². The summed E-state index contributed by atoms with van der Waals surface area (Å²) in [5.74, 6) is -3.64. The molecular formula is C15H27N5O6. The molecular weight excluding hydrogens is 346 g/mol. The Hall–Kier alpha value is -2.69. The van der Waals surface area contributed by atoms with Crippen molar-refractivity contribution in [2.45, 2.75) is 64.8 Å². The molecule has 0 aliphatic carbocycles. The van der Waals surface area contributed by atoms with Crippen LogP contribution in [0.3, 0.4) is 0 Å². The molecule has 0 aromatic rings. The highest BCUT2D eigenvalue weighted by atomic mass is 16.4. The van der Waals surface area contributed by atoms with E-state index in [-0.39, 0.29) is 0 Å².